The van der Waals surface area contributed by atoms with E-state index >= 15 is 0 Å². The summed E-state index contributed by atoms with van der Waals surface area (Å²) in [6.07, 6.45) is 1.72. The molecule has 0 saturated carbocycles. The Morgan fingerprint density at radius 3 is 2.75 bits per heavy atom. The Bertz CT molecular complexity index is 1290. The average Bonchev–Trinajstić information content (AvgIpc) is 3.21. The van der Waals surface area contributed by atoms with Crippen LogP contribution in [0.3, 0.4) is 0 Å². The normalized spacial score (nSPS) is 11.7. The number of rotatable bonds is 4. The molecule has 2 heterocycles. The number of hydrogen-bond acceptors (Lipinski definition) is 7. The molecule has 4 aromatic rings. The number of benzene rings is 2. The summed E-state index contributed by atoms with van der Waals surface area (Å²) in [7, 11) is 1.58. The number of nitrogens with zero attached hydrogens (tertiary/aromatic N) is 3. The number of carbonyl (C=O) groups is 1. The maximum absolute atomic E-state index is 12.7. The third kappa shape index (κ3) is 3.37. The summed E-state index contributed by atoms with van der Waals surface area (Å²) in [6, 6.07) is 14.3. The van der Waals surface area contributed by atoms with E-state index in [1.807, 2.05) is 30.3 Å². The van der Waals surface area contributed by atoms with Crippen molar-refractivity contribution < 1.29 is 14.3 Å². The van der Waals surface area contributed by atoms with Crippen molar-refractivity contribution in [2.75, 3.05) is 7.11 Å². The molecule has 0 aliphatic heterocycles. The number of fused-ring (bicyclic) bond motifs is 1. The summed E-state index contributed by atoms with van der Waals surface area (Å²) >= 11 is 1.24. The predicted octanol–water partition coefficient (Wildman–Crippen LogP) is 2.30. The highest BCUT2D eigenvalue weighted by molar-refractivity contribution is 7.15. The van der Waals surface area contributed by atoms with Crippen LogP contribution in [-0.4, -0.2) is 27.7 Å². The van der Waals surface area contributed by atoms with Gasteiger partial charge in [-0.15, -0.1) is 5.10 Å². The number of methoxy groups -OCH3 is 1. The number of aromatic nitrogens is 3. The molecule has 8 heteroatoms. The molecule has 140 valence electrons. The molecule has 0 atom stereocenters. The van der Waals surface area contributed by atoms with E-state index in [4.69, 9.17) is 9.47 Å². The monoisotopic (exact) mass is 393 g/mol. The second-order valence-corrected chi connectivity index (χ2v) is 6.92. The third-order valence-electron chi connectivity index (χ3n) is 3.95. The van der Waals surface area contributed by atoms with Gasteiger partial charge >= 0.3 is 5.97 Å². The summed E-state index contributed by atoms with van der Waals surface area (Å²) in [5, 5.41) is 4.34. The lowest BCUT2D eigenvalue weighted by atomic mass is 10.2. The number of carbonyl (C=O) groups excluding carboxylic acids is 1. The van der Waals surface area contributed by atoms with Crippen LogP contribution in [0.15, 0.2) is 53.3 Å². The van der Waals surface area contributed by atoms with Gasteiger partial charge in [-0.1, -0.05) is 35.6 Å². The first-order valence-corrected chi connectivity index (χ1v) is 9.20. The van der Waals surface area contributed by atoms with Crippen molar-refractivity contribution in [2.24, 2.45) is 0 Å². The van der Waals surface area contributed by atoms with E-state index in [0.717, 1.165) is 11.1 Å². The van der Waals surface area contributed by atoms with Gasteiger partial charge in [0.05, 0.1) is 17.2 Å². The maximum Gasteiger partial charge on any atom is 0.308 e. The number of esters is 1. The maximum atomic E-state index is 12.7. The van der Waals surface area contributed by atoms with Gasteiger partial charge in [0.15, 0.2) is 5.82 Å². The number of thiazole rings is 1. The van der Waals surface area contributed by atoms with Gasteiger partial charge in [0, 0.05) is 6.92 Å². The van der Waals surface area contributed by atoms with Gasteiger partial charge in [0.2, 0.25) is 4.96 Å². The minimum atomic E-state index is -0.399. The molecule has 0 saturated heterocycles. The SMILES string of the molecule is COc1ccccc1-c1nc2s/c(=C\c3cccc(OC(C)=O)c3)c(=O)n2n1. The summed E-state index contributed by atoms with van der Waals surface area (Å²) in [5.41, 5.74) is 1.21. The van der Waals surface area contributed by atoms with Crippen molar-refractivity contribution in [3.8, 4) is 22.9 Å². The molecule has 7 nitrogen and oxygen atoms in total. The van der Waals surface area contributed by atoms with E-state index in [1.165, 1.54) is 22.8 Å². The smallest absolute Gasteiger partial charge is 0.308 e. The fourth-order valence-corrected chi connectivity index (χ4v) is 3.67. The zero-order valence-corrected chi connectivity index (χ0v) is 15.9. The molecule has 0 radical (unpaired) electrons. The van der Waals surface area contributed by atoms with Crippen LogP contribution in [0.4, 0.5) is 0 Å². The molecular formula is C20H15N3O4S. The molecule has 2 aromatic carbocycles. The Labute approximate surface area is 163 Å². The van der Waals surface area contributed by atoms with Gasteiger partial charge in [-0.2, -0.15) is 9.50 Å². The van der Waals surface area contributed by atoms with Crippen LogP contribution in [-0.2, 0) is 4.79 Å². The molecule has 0 spiro atoms. The van der Waals surface area contributed by atoms with E-state index < -0.39 is 5.97 Å². The second kappa shape index (κ2) is 7.24. The highest BCUT2D eigenvalue weighted by Gasteiger charge is 2.14. The summed E-state index contributed by atoms with van der Waals surface area (Å²) in [5.74, 6) is 1.10. The van der Waals surface area contributed by atoms with Gasteiger partial charge in [0.1, 0.15) is 11.5 Å². The highest BCUT2D eigenvalue weighted by atomic mass is 32.1. The molecule has 0 unspecified atom stereocenters. The summed E-state index contributed by atoms with van der Waals surface area (Å²) < 4.78 is 12.2. The lowest BCUT2D eigenvalue weighted by molar-refractivity contribution is -0.131. The van der Waals surface area contributed by atoms with Crippen molar-refractivity contribution in [1.29, 1.82) is 0 Å². The van der Waals surface area contributed by atoms with Crippen LogP contribution in [0, 0.1) is 0 Å². The first kappa shape index (κ1) is 17.9. The Kier molecular flexibility index (Phi) is 4.62. The van der Waals surface area contributed by atoms with E-state index in [-0.39, 0.29) is 5.56 Å². The molecule has 28 heavy (non-hydrogen) atoms. The van der Waals surface area contributed by atoms with Crippen LogP contribution >= 0.6 is 11.3 Å². The fourth-order valence-electron chi connectivity index (χ4n) is 2.76. The van der Waals surface area contributed by atoms with E-state index in [0.29, 0.717) is 26.8 Å². The summed E-state index contributed by atoms with van der Waals surface area (Å²) in [4.78, 5) is 28.8. The Hall–Kier alpha value is -3.52. The lowest BCUT2D eigenvalue weighted by Gasteiger charge is -2.03. The topological polar surface area (TPSA) is 82.8 Å². The number of ether oxygens (including phenoxy) is 2. The molecule has 0 bridgehead atoms. The molecule has 0 aliphatic carbocycles. The predicted molar refractivity (Wildman–Crippen MR) is 106 cm³/mol. The molecule has 0 aliphatic rings. The van der Waals surface area contributed by atoms with Gasteiger partial charge in [-0.3, -0.25) is 9.59 Å². The Morgan fingerprint density at radius 1 is 1.18 bits per heavy atom. The molecule has 2 aromatic heterocycles. The zero-order chi connectivity index (χ0) is 19.7. The van der Waals surface area contributed by atoms with Crippen LogP contribution < -0.4 is 19.6 Å². The van der Waals surface area contributed by atoms with Crippen LogP contribution in [0.2, 0.25) is 0 Å². The minimum Gasteiger partial charge on any atom is -0.496 e. The quantitative estimate of drug-likeness (QED) is 0.391. The molecule has 0 N–H and O–H groups in total. The lowest BCUT2D eigenvalue weighted by Crippen LogP contribution is -2.23. The first-order chi connectivity index (χ1) is 13.5. The number of hydrogen-bond donors (Lipinski definition) is 0. The van der Waals surface area contributed by atoms with Crippen molar-refractivity contribution in [3.63, 3.8) is 0 Å². The van der Waals surface area contributed by atoms with Crippen molar-refractivity contribution in [1.82, 2.24) is 14.6 Å². The Morgan fingerprint density at radius 2 is 2.00 bits per heavy atom. The number of para-hydroxylation sites is 1. The molecule has 0 amide bonds. The standard InChI is InChI=1S/C20H15N3O4S/c1-12(24)27-14-7-5-6-13(10-14)11-17-19(25)23-20(28-17)21-18(22-23)15-8-3-4-9-16(15)26-2/h3-11H,1-2H3/b17-11-. The van der Waals surface area contributed by atoms with Crippen LogP contribution in [0.5, 0.6) is 11.5 Å². The van der Waals surface area contributed by atoms with Gasteiger partial charge in [-0.05, 0) is 35.9 Å². The van der Waals surface area contributed by atoms with E-state index in [1.54, 1.807) is 31.4 Å². The molecular weight excluding hydrogens is 378 g/mol. The first-order valence-electron chi connectivity index (χ1n) is 8.38. The average molecular weight is 393 g/mol. The zero-order valence-electron chi connectivity index (χ0n) is 15.1. The Balaban J connectivity index is 1.76. The van der Waals surface area contributed by atoms with Crippen LogP contribution in [0.25, 0.3) is 22.4 Å². The van der Waals surface area contributed by atoms with Crippen LogP contribution in [0.1, 0.15) is 12.5 Å². The fraction of sp³-hybridized carbons (Fsp3) is 0.100. The third-order valence-corrected chi connectivity index (χ3v) is 4.91. The van der Waals surface area contributed by atoms with Crippen molar-refractivity contribution in [2.45, 2.75) is 6.92 Å². The minimum absolute atomic E-state index is 0.258. The van der Waals surface area contributed by atoms with Gasteiger partial charge in [0.25, 0.3) is 5.56 Å². The van der Waals surface area contributed by atoms with Gasteiger partial charge < -0.3 is 9.47 Å². The van der Waals surface area contributed by atoms with E-state index in [9.17, 15) is 9.59 Å². The molecule has 4 rings (SSSR count). The van der Waals surface area contributed by atoms with E-state index in [2.05, 4.69) is 10.1 Å². The second-order valence-electron chi connectivity index (χ2n) is 5.91. The van der Waals surface area contributed by atoms with Crippen molar-refractivity contribution in [3.05, 3.63) is 69.0 Å². The van der Waals surface area contributed by atoms with Crippen molar-refractivity contribution >= 4 is 28.3 Å². The summed E-state index contributed by atoms with van der Waals surface area (Å²) in [6.45, 7) is 1.34. The largest absolute Gasteiger partial charge is 0.496 e. The van der Waals surface area contributed by atoms with Gasteiger partial charge in [-0.25, -0.2) is 0 Å². The highest BCUT2D eigenvalue weighted by Crippen LogP contribution is 2.27. The molecule has 0 fully saturated rings.